The number of nitrogens with one attached hydrogen (secondary N) is 1. The lowest BCUT2D eigenvalue weighted by molar-refractivity contribution is -0.143. The number of likely N-dealkylation sites (N-methyl/N-ethyl adjacent to an activating group) is 1. The van der Waals surface area contributed by atoms with Crippen LogP contribution in [0.15, 0.2) is 0 Å². The van der Waals surface area contributed by atoms with Crippen molar-refractivity contribution in [1.82, 2.24) is 5.32 Å². The summed E-state index contributed by atoms with van der Waals surface area (Å²) < 4.78 is 9.49. The van der Waals surface area contributed by atoms with E-state index in [4.69, 9.17) is 19.4 Å². The first-order valence-electron chi connectivity index (χ1n) is 4.55. The molecule has 0 fully saturated rings. The maximum atomic E-state index is 10.6. The minimum atomic E-state index is -1.02. The molecular formula is C9H15NO7. The normalized spacial score (nSPS) is 8.53. The van der Waals surface area contributed by atoms with E-state index in [1.54, 1.807) is 0 Å². The standard InChI is InChI=1S/C7H13NO5.C2H2O2/c1-8-6(9)4-12-2-3-13-5-7(10)11;3-1-2-4/h2-5H2,1H3,(H,8,9)(H,10,11);1-2H. The molecule has 8 heteroatoms. The van der Waals surface area contributed by atoms with Crippen molar-refractivity contribution in [1.29, 1.82) is 0 Å². The van der Waals surface area contributed by atoms with Gasteiger partial charge in [-0.25, -0.2) is 4.79 Å². The van der Waals surface area contributed by atoms with Crippen molar-refractivity contribution in [3.63, 3.8) is 0 Å². The molecule has 17 heavy (non-hydrogen) atoms. The number of ether oxygens (including phenoxy) is 2. The predicted octanol–water partition coefficient (Wildman–Crippen LogP) is -1.77. The largest absolute Gasteiger partial charge is 0.480 e. The zero-order valence-corrected chi connectivity index (χ0v) is 9.38. The lowest BCUT2D eigenvalue weighted by atomic mass is 10.6. The summed E-state index contributed by atoms with van der Waals surface area (Å²) in [6.07, 6.45) is 0.389. The molecule has 0 aromatic rings. The number of amides is 1. The Hall–Kier alpha value is -1.80. The lowest BCUT2D eigenvalue weighted by Gasteiger charge is -2.02. The van der Waals surface area contributed by atoms with Crippen molar-refractivity contribution in [2.45, 2.75) is 0 Å². The number of rotatable bonds is 8. The molecule has 2 N–H and O–H groups in total. The Morgan fingerprint density at radius 3 is 1.94 bits per heavy atom. The molecule has 98 valence electrons. The number of hydrogen-bond donors (Lipinski definition) is 2. The summed E-state index contributed by atoms with van der Waals surface area (Å²) in [7, 11) is 1.51. The van der Waals surface area contributed by atoms with Gasteiger partial charge in [-0.1, -0.05) is 0 Å². The third kappa shape index (κ3) is 20.3. The molecule has 0 aliphatic rings. The van der Waals surface area contributed by atoms with Gasteiger partial charge in [-0.2, -0.15) is 0 Å². The molecular weight excluding hydrogens is 234 g/mol. The summed E-state index contributed by atoms with van der Waals surface area (Å²) in [6, 6.07) is 0. The molecule has 0 atom stereocenters. The molecule has 0 aliphatic heterocycles. The summed E-state index contributed by atoms with van der Waals surface area (Å²) in [5.41, 5.74) is 0. The number of hydrogen-bond acceptors (Lipinski definition) is 6. The quantitative estimate of drug-likeness (QED) is 0.297. The molecule has 0 radical (unpaired) electrons. The van der Waals surface area contributed by atoms with Gasteiger partial charge in [0, 0.05) is 7.05 Å². The van der Waals surface area contributed by atoms with Crippen molar-refractivity contribution >= 4 is 24.4 Å². The van der Waals surface area contributed by atoms with Gasteiger partial charge in [0.15, 0.2) is 12.6 Å². The zero-order valence-electron chi connectivity index (χ0n) is 9.38. The van der Waals surface area contributed by atoms with Gasteiger partial charge in [0.1, 0.15) is 13.2 Å². The molecule has 0 rings (SSSR count). The highest BCUT2D eigenvalue weighted by Crippen LogP contribution is 1.78. The molecule has 1 amide bonds. The Bertz CT molecular complexity index is 235. The number of carboxylic acid groups (broad SMARTS) is 1. The number of aldehydes is 2. The molecule has 0 aromatic heterocycles. The van der Waals surface area contributed by atoms with E-state index in [1.807, 2.05) is 0 Å². The van der Waals surface area contributed by atoms with E-state index in [0.29, 0.717) is 0 Å². The van der Waals surface area contributed by atoms with E-state index in [0.717, 1.165) is 0 Å². The zero-order chi connectivity index (χ0) is 13.5. The van der Waals surface area contributed by atoms with Gasteiger partial charge in [-0.05, 0) is 0 Å². The van der Waals surface area contributed by atoms with Crippen molar-refractivity contribution in [2.75, 3.05) is 33.5 Å². The van der Waals surface area contributed by atoms with Crippen LogP contribution in [0.4, 0.5) is 0 Å². The van der Waals surface area contributed by atoms with Gasteiger partial charge in [-0.3, -0.25) is 14.4 Å². The summed E-state index contributed by atoms with van der Waals surface area (Å²) >= 11 is 0. The first kappa shape index (κ1) is 17.6. The molecule has 0 spiro atoms. The molecule has 0 saturated heterocycles. The highest BCUT2D eigenvalue weighted by molar-refractivity contribution is 6.09. The van der Waals surface area contributed by atoms with Crippen LogP contribution in [0.25, 0.3) is 0 Å². The van der Waals surface area contributed by atoms with Crippen molar-refractivity contribution in [3.05, 3.63) is 0 Å². The number of carbonyl (C=O) groups is 4. The molecule has 0 saturated carbocycles. The second-order valence-corrected chi connectivity index (χ2v) is 2.44. The van der Waals surface area contributed by atoms with Crippen LogP contribution in [0.3, 0.4) is 0 Å². The second kappa shape index (κ2) is 14.2. The average Bonchev–Trinajstić information content (AvgIpc) is 2.33. The van der Waals surface area contributed by atoms with Gasteiger partial charge in [0.05, 0.1) is 13.2 Å². The number of carboxylic acids is 1. The van der Waals surface area contributed by atoms with Gasteiger partial charge in [0.25, 0.3) is 0 Å². The summed E-state index contributed by atoms with van der Waals surface area (Å²) in [6.45, 7) is 0.000258. The molecule has 0 bridgehead atoms. The van der Waals surface area contributed by atoms with E-state index in [2.05, 4.69) is 10.1 Å². The van der Waals surface area contributed by atoms with Crippen LogP contribution in [-0.2, 0) is 28.7 Å². The van der Waals surface area contributed by atoms with Crippen LogP contribution in [0.1, 0.15) is 0 Å². The predicted molar refractivity (Wildman–Crippen MR) is 55.5 cm³/mol. The third-order valence-corrected chi connectivity index (χ3v) is 1.17. The van der Waals surface area contributed by atoms with Crippen molar-refractivity contribution < 1.29 is 33.8 Å². The fraction of sp³-hybridized carbons (Fsp3) is 0.556. The molecule has 0 unspecified atom stereocenters. The van der Waals surface area contributed by atoms with Gasteiger partial charge >= 0.3 is 5.97 Å². The third-order valence-electron chi connectivity index (χ3n) is 1.17. The fourth-order valence-electron chi connectivity index (χ4n) is 0.514. The highest BCUT2D eigenvalue weighted by atomic mass is 16.5. The topological polar surface area (TPSA) is 119 Å². The Kier molecular flexibility index (Phi) is 14.7. The average molecular weight is 249 g/mol. The highest BCUT2D eigenvalue weighted by Gasteiger charge is 1.98. The van der Waals surface area contributed by atoms with E-state index in [-0.39, 0.29) is 44.9 Å². The SMILES string of the molecule is CNC(=O)COCCOCC(=O)O.O=CC=O. The summed E-state index contributed by atoms with van der Waals surface area (Å²) in [4.78, 5) is 38.1. The Morgan fingerprint density at radius 2 is 1.59 bits per heavy atom. The van der Waals surface area contributed by atoms with Crippen LogP contribution in [0.5, 0.6) is 0 Å². The van der Waals surface area contributed by atoms with E-state index in [9.17, 15) is 9.59 Å². The van der Waals surface area contributed by atoms with Crippen LogP contribution in [0, 0.1) is 0 Å². The fourth-order valence-corrected chi connectivity index (χ4v) is 0.514. The van der Waals surface area contributed by atoms with Crippen molar-refractivity contribution in [3.8, 4) is 0 Å². The minimum absolute atomic E-state index is 0.0348. The number of carbonyl (C=O) groups excluding carboxylic acids is 3. The second-order valence-electron chi connectivity index (χ2n) is 2.44. The maximum Gasteiger partial charge on any atom is 0.329 e. The van der Waals surface area contributed by atoms with Gasteiger partial charge < -0.3 is 19.9 Å². The first-order chi connectivity index (χ1) is 8.08. The van der Waals surface area contributed by atoms with Crippen LogP contribution in [0.2, 0.25) is 0 Å². The Morgan fingerprint density at radius 1 is 1.12 bits per heavy atom. The number of aliphatic carboxylic acids is 1. The van der Waals surface area contributed by atoms with Crippen LogP contribution < -0.4 is 5.32 Å². The van der Waals surface area contributed by atoms with Gasteiger partial charge in [-0.15, -0.1) is 0 Å². The molecule has 0 aromatic carbocycles. The van der Waals surface area contributed by atoms with E-state index >= 15 is 0 Å². The van der Waals surface area contributed by atoms with Gasteiger partial charge in [0.2, 0.25) is 5.91 Å². The molecule has 0 heterocycles. The van der Waals surface area contributed by atoms with Crippen LogP contribution >= 0.6 is 0 Å². The van der Waals surface area contributed by atoms with E-state index < -0.39 is 5.97 Å². The Balaban J connectivity index is 0. The maximum absolute atomic E-state index is 10.6. The Labute approximate surface area is 97.9 Å². The minimum Gasteiger partial charge on any atom is -0.480 e. The summed E-state index contributed by atoms with van der Waals surface area (Å²) in [5, 5.41) is 10.5. The monoisotopic (exact) mass is 249 g/mol. The molecule has 8 nitrogen and oxygen atoms in total. The first-order valence-corrected chi connectivity index (χ1v) is 4.55. The van der Waals surface area contributed by atoms with E-state index in [1.165, 1.54) is 7.05 Å². The summed E-state index contributed by atoms with van der Waals surface area (Å²) in [5.74, 6) is -1.25. The lowest BCUT2D eigenvalue weighted by Crippen LogP contribution is -2.24. The van der Waals surface area contributed by atoms with Crippen molar-refractivity contribution in [2.24, 2.45) is 0 Å². The van der Waals surface area contributed by atoms with Crippen LogP contribution in [-0.4, -0.2) is 63.0 Å². The smallest absolute Gasteiger partial charge is 0.329 e. The molecule has 0 aliphatic carbocycles.